The monoisotopic (exact) mass is 260 g/mol. The van der Waals surface area contributed by atoms with Gasteiger partial charge in [-0.2, -0.15) is 5.10 Å². The van der Waals surface area contributed by atoms with Crippen LogP contribution in [0.3, 0.4) is 0 Å². The van der Waals surface area contributed by atoms with Gasteiger partial charge in [-0.25, -0.2) is 9.97 Å². The average Bonchev–Trinajstić information content (AvgIpc) is 2.62. The Morgan fingerprint density at radius 2 is 2.19 bits per heavy atom. The van der Waals surface area contributed by atoms with E-state index in [0.717, 1.165) is 0 Å². The Bertz CT molecular complexity index is 499. The first-order valence-electron chi connectivity index (χ1n) is 4.84. The van der Waals surface area contributed by atoms with Gasteiger partial charge in [0.1, 0.15) is 11.0 Å². The third-order valence-corrected chi connectivity index (χ3v) is 2.50. The minimum absolute atomic E-state index is 0.127. The second-order valence-corrected chi connectivity index (χ2v) is 3.78. The fourth-order valence-electron chi connectivity index (χ4n) is 1.39. The van der Waals surface area contributed by atoms with E-state index >= 15 is 0 Å². The molecule has 0 spiro atoms. The van der Waals surface area contributed by atoms with Crippen molar-refractivity contribution in [2.24, 2.45) is 0 Å². The van der Waals surface area contributed by atoms with E-state index in [1.54, 1.807) is 10.9 Å². The minimum Gasteiger partial charge on any atom is -0.380 e. The zero-order valence-electron chi connectivity index (χ0n) is 8.65. The topological polar surface area (TPSA) is 52.8 Å². The van der Waals surface area contributed by atoms with Crippen molar-refractivity contribution in [3.8, 4) is 0 Å². The molecule has 0 unspecified atom stereocenters. The van der Waals surface area contributed by atoms with Gasteiger partial charge in [-0.1, -0.05) is 11.6 Å². The van der Waals surface area contributed by atoms with Crippen molar-refractivity contribution in [1.29, 1.82) is 0 Å². The fraction of sp³-hybridized carbons (Fsp3) is 0.444. The largest absolute Gasteiger partial charge is 0.380 e. The lowest BCUT2D eigenvalue weighted by Crippen LogP contribution is -2.07. The fourth-order valence-corrected chi connectivity index (χ4v) is 1.89. The molecule has 86 valence electrons. The van der Waals surface area contributed by atoms with Gasteiger partial charge in [0.2, 0.25) is 5.28 Å². The van der Waals surface area contributed by atoms with E-state index in [1.165, 1.54) is 0 Å². The van der Waals surface area contributed by atoms with Crippen molar-refractivity contribution in [3.63, 3.8) is 0 Å². The van der Waals surface area contributed by atoms with Crippen LogP contribution in [0.5, 0.6) is 0 Å². The van der Waals surface area contributed by atoms with Crippen molar-refractivity contribution >= 4 is 34.2 Å². The standard InChI is InChI=1S/C9H10Cl2N4O/c1-2-16-4-3-15-7-6(5-12-15)13-9(11)14-8(7)10/h5H,2-4H2,1H3. The highest BCUT2D eigenvalue weighted by atomic mass is 35.5. The van der Waals surface area contributed by atoms with Crippen LogP contribution in [-0.4, -0.2) is 33.0 Å². The molecule has 16 heavy (non-hydrogen) atoms. The highest BCUT2D eigenvalue weighted by Crippen LogP contribution is 2.21. The summed E-state index contributed by atoms with van der Waals surface area (Å²) >= 11 is 11.7. The number of hydrogen-bond acceptors (Lipinski definition) is 4. The Balaban J connectivity index is 2.33. The summed E-state index contributed by atoms with van der Waals surface area (Å²) in [6.45, 7) is 3.81. The number of ether oxygens (including phenoxy) is 1. The van der Waals surface area contributed by atoms with Crippen LogP contribution in [0.1, 0.15) is 6.92 Å². The molecule has 0 saturated carbocycles. The maximum absolute atomic E-state index is 5.98. The molecule has 2 rings (SSSR count). The Morgan fingerprint density at radius 3 is 2.94 bits per heavy atom. The van der Waals surface area contributed by atoms with Crippen molar-refractivity contribution in [3.05, 3.63) is 16.6 Å². The number of aromatic nitrogens is 4. The van der Waals surface area contributed by atoms with Gasteiger partial charge < -0.3 is 4.74 Å². The summed E-state index contributed by atoms with van der Waals surface area (Å²) in [7, 11) is 0. The van der Waals surface area contributed by atoms with Gasteiger partial charge in [0, 0.05) is 6.61 Å². The Kier molecular flexibility index (Phi) is 3.58. The molecule has 0 aliphatic heterocycles. The van der Waals surface area contributed by atoms with Crippen molar-refractivity contribution < 1.29 is 4.74 Å². The summed E-state index contributed by atoms with van der Waals surface area (Å²) in [5, 5.41) is 4.60. The van der Waals surface area contributed by atoms with E-state index in [1.807, 2.05) is 6.92 Å². The zero-order valence-corrected chi connectivity index (χ0v) is 10.2. The number of fused-ring (bicyclic) bond motifs is 1. The van der Waals surface area contributed by atoms with Crippen LogP contribution < -0.4 is 0 Å². The van der Waals surface area contributed by atoms with E-state index < -0.39 is 0 Å². The van der Waals surface area contributed by atoms with Crippen molar-refractivity contribution in [2.75, 3.05) is 13.2 Å². The van der Waals surface area contributed by atoms with Crippen LogP contribution in [0.4, 0.5) is 0 Å². The van der Waals surface area contributed by atoms with E-state index in [-0.39, 0.29) is 5.28 Å². The second kappa shape index (κ2) is 4.95. The quantitative estimate of drug-likeness (QED) is 0.481. The van der Waals surface area contributed by atoms with Gasteiger partial charge in [-0.05, 0) is 18.5 Å². The van der Waals surface area contributed by atoms with Crippen LogP contribution in [0.2, 0.25) is 10.4 Å². The first kappa shape index (κ1) is 11.6. The van der Waals surface area contributed by atoms with E-state index in [0.29, 0.717) is 35.9 Å². The predicted octanol–water partition coefficient (Wildman–Crippen LogP) is 2.17. The van der Waals surface area contributed by atoms with Crippen molar-refractivity contribution in [1.82, 2.24) is 19.7 Å². The lowest BCUT2D eigenvalue weighted by Gasteiger charge is -2.04. The molecule has 0 aliphatic rings. The first-order chi connectivity index (χ1) is 7.72. The second-order valence-electron chi connectivity index (χ2n) is 3.08. The molecule has 0 radical (unpaired) electrons. The first-order valence-corrected chi connectivity index (χ1v) is 5.60. The maximum Gasteiger partial charge on any atom is 0.224 e. The molecule has 0 aliphatic carbocycles. The Hall–Kier alpha value is -0.910. The summed E-state index contributed by atoms with van der Waals surface area (Å²) < 4.78 is 6.96. The molecule has 2 heterocycles. The molecule has 2 aromatic rings. The maximum atomic E-state index is 5.98. The normalized spacial score (nSPS) is 11.2. The van der Waals surface area contributed by atoms with Gasteiger partial charge in [-0.3, -0.25) is 4.68 Å². The number of nitrogens with zero attached hydrogens (tertiary/aromatic N) is 4. The summed E-state index contributed by atoms with van der Waals surface area (Å²) in [5.74, 6) is 0. The van der Waals surface area contributed by atoms with Gasteiger partial charge in [-0.15, -0.1) is 0 Å². The molecule has 0 atom stereocenters. The molecule has 0 fully saturated rings. The third-order valence-electron chi connectivity index (χ3n) is 2.07. The average molecular weight is 261 g/mol. The molecule has 2 aromatic heterocycles. The van der Waals surface area contributed by atoms with Gasteiger partial charge in [0.15, 0.2) is 5.15 Å². The van der Waals surface area contributed by atoms with E-state index in [9.17, 15) is 0 Å². The molecule has 7 heteroatoms. The lowest BCUT2D eigenvalue weighted by molar-refractivity contribution is 0.137. The molecular weight excluding hydrogens is 251 g/mol. The minimum atomic E-state index is 0.127. The molecule has 0 saturated heterocycles. The van der Waals surface area contributed by atoms with E-state index in [2.05, 4.69) is 15.1 Å². The zero-order chi connectivity index (χ0) is 11.5. The molecule has 0 amide bonds. The summed E-state index contributed by atoms with van der Waals surface area (Å²) in [4.78, 5) is 7.91. The molecule has 5 nitrogen and oxygen atoms in total. The molecule has 0 bridgehead atoms. The smallest absolute Gasteiger partial charge is 0.224 e. The highest BCUT2D eigenvalue weighted by Gasteiger charge is 2.10. The van der Waals surface area contributed by atoms with Gasteiger partial charge in [0.25, 0.3) is 0 Å². The van der Waals surface area contributed by atoms with Crippen molar-refractivity contribution in [2.45, 2.75) is 13.5 Å². The Labute approximate surface area is 102 Å². The number of halogens is 2. The predicted molar refractivity (Wildman–Crippen MR) is 61.8 cm³/mol. The SMILES string of the molecule is CCOCCn1ncc2nc(Cl)nc(Cl)c21. The summed E-state index contributed by atoms with van der Waals surface area (Å²) in [5.41, 5.74) is 1.33. The summed E-state index contributed by atoms with van der Waals surface area (Å²) in [6, 6.07) is 0. The molecule has 0 aromatic carbocycles. The van der Waals surface area contributed by atoms with Gasteiger partial charge in [0.05, 0.1) is 19.3 Å². The Morgan fingerprint density at radius 1 is 1.38 bits per heavy atom. The third kappa shape index (κ3) is 2.26. The number of hydrogen-bond donors (Lipinski definition) is 0. The van der Waals surface area contributed by atoms with Gasteiger partial charge >= 0.3 is 0 Å². The molecular formula is C9H10Cl2N4O. The lowest BCUT2D eigenvalue weighted by atomic mass is 10.4. The van der Waals surface area contributed by atoms with Crippen LogP contribution in [-0.2, 0) is 11.3 Å². The van der Waals surface area contributed by atoms with Crippen LogP contribution in [0.15, 0.2) is 6.20 Å². The molecule has 0 N–H and O–H groups in total. The van der Waals surface area contributed by atoms with Crippen LogP contribution in [0.25, 0.3) is 11.0 Å². The number of rotatable bonds is 4. The van der Waals surface area contributed by atoms with Crippen LogP contribution >= 0.6 is 23.2 Å². The summed E-state index contributed by atoms with van der Waals surface area (Å²) in [6.07, 6.45) is 1.61. The highest BCUT2D eigenvalue weighted by molar-refractivity contribution is 6.35. The van der Waals surface area contributed by atoms with E-state index in [4.69, 9.17) is 27.9 Å². The van der Waals surface area contributed by atoms with Crippen LogP contribution in [0, 0.1) is 0 Å².